The molecule has 12 heteroatoms. The van der Waals surface area contributed by atoms with E-state index in [0.29, 0.717) is 53.1 Å². The van der Waals surface area contributed by atoms with Gasteiger partial charge in [-0.15, -0.1) is 23.5 Å². The van der Waals surface area contributed by atoms with Gasteiger partial charge in [0.05, 0.1) is 18.6 Å². The van der Waals surface area contributed by atoms with Crippen molar-refractivity contribution in [2.75, 3.05) is 18.1 Å². The number of fused-ring (bicyclic) bond motifs is 2. The number of nitrogens with zero attached hydrogens (tertiary/aromatic N) is 5. The normalized spacial score (nSPS) is 12.9. The van der Waals surface area contributed by atoms with Crippen LogP contribution in [0.3, 0.4) is 0 Å². The van der Waals surface area contributed by atoms with Crippen LogP contribution in [0.5, 0.6) is 0 Å². The maximum atomic E-state index is 13.3. The van der Waals surface area contributed by atoms with Gasteiger partial charge in [0.1, 0.15) is 21.9 Å². The first-order chi connectivity index (χ1) is 19.2. The number of imidazole rings is 2. The van der Waals surface area contributed by atoms with Gasteiger partial charge in [0, 0.05) is 30.1 Å². The fraction of sp³-hybridized carbons (Fsp3) is 0.500. The van der Waals surface area contributed by atoms with Crippen LogP contribution >= 0.6 is 23.5 Å². The molecule has 4 aromatic rings. The molecule has 216 valence electrons. The molecule has 0 radical (unpaired) electrons. The Morgan fingerprint density at radius 1 is 1.15 bits per heavy atom. The molecule has 0 aliphatic rings. The van der Waals surface area contributed by atoms with Crippen molar-refractivity contribution in [3.8, 4) is 11.5 Å². The standard InChI is InChI=1S/C28H34F3N5O2S2/c1-5-8-9-18(6-2)17-38-23(37)11-13-40-20-15-21-25(32-16-20)35(4)26(33-21)24-27(39-7-3)36-12-10-19(28(29,30)31)14-22(36)34-24/h10,12,14-16,18H,5-9,11,13,17H2,1-4H3. The summed E-state index contributed by atoms with van der Waals surface area (Å²) >= 11 is 2.99. The van der Waals surface area contributed by atoms with Crippen molar-refractivity contribution in [3.05, 3.63) is 36.2 Å². The van der Waals surface area contributed by atoms with Crippen LogP contribution in [0, 0.1) is 5.92 Å². The molecule has 0 aliphatic heterocycles. The molecule has 0 saturated heterocycles. The molecule has 7 nitrogen and oxygen atoms in total. The number of alkyl halides is 3. The monoisotopic (exact) mass is 593 g/mol. The van der Waals surface area contributed by atoms with Crippen molar-refractivity contribution in [1.29, 1.82) is 0 Å². The number of pyridine rings is 2. The van der Waals surface area contributed by atoms with Crippen LogP contribution in [0.1, 0.15) is 58.4 Å². The van der Waals surface area contributed by atoms with E-state index in [2.05, 4.69) is 23.8 Å². The molecular weight excluding hydrogens is 559 g/mol. The zero-order valence-electron chi connectivity index (χ0n) is 23.1. The molecule has 40 heavy (non-hydrogen) atoms. The maximum Gasteiger partial charge on any atom is 0.416 e. The van der Waals surface area contributed by atoms with E-state index < -0.39 is 11.7 Å². The van der Waals surface area contributed by atoms with Gasteiger partial charge in [-0.05, 0) is 36.3 Å². The Hall–Kier alpha value is -2.73. The molecule has 0 bridgehead atoms. The fourth-order valence-electron chi connectivity index (χ4n) is 4.40. The second kappa shape index (κ2) is 13.3. The molecule has 0 N–H and O–H groups in total. The number of hydrogen-bond donors (Lipinski definition) is 0. The highest BCUT2D eigenvalue weighted by atomic mass is 32.2. The molecule has 0 saturated carbocycles. The highest BCUT2D eigenvalue weighted by molar-refractivity contribution is 7.99. The van der Waals surface area contributed by atoms with Gasteiger partial charge in [-0.1, -0.05) is 40.0 Å². The zero-order valence-corrected chi connectivity index (χ0v) is 24.8. The van der Waals surface area contributed by atoms with E-state index in [0.717, 1.165) is 47.7 Å². The van der Waals surface area contributed by atoms with Gasteiger partial charge in [-0.3, -0.25) is 9.20 Å². The summed E-state index contributed by atoms with van der Waals surface area (Å²) in [4.78, 5) is 27.0. The van der Waals surface area contributed by atoms with E-state index in [1.165, 1.54) is 29.7 Å². The lowest BCUT2D eigenvalue weighted by atomic mass is 10.0. The number of esters is 1. The van der Waals surface area contributed by atoms with E-state index in [9.17, 15) is 18.0 Å². The van der Waals surface area contributed by atoms with E-state index >= 15 is 0 Å². The molecule has 0 fully saturated rings. The number of aromatic nitrogens is 5. The van der Waals surface area contributed by atoms with Crippen molar-refractivity contribution >= 4 is 46.3 Å². The Kier molecular flexibility index (Phi) is 10.0. The Morgan fingerprint density at radius 3 is 2.65 bits per heavy atom. The molecule has 1 atom stereocenters. The minimum Gasteiger partial charge on any atom is -0.465 e. The summed E-state index contributed by atoms with van der Waals surface area (Å²) in [5.41, 5.74) is 1.25. The second-order valence-electron chi connectivity index (χ2n) is 9.55. The van der Waals surface area contributed by atoms with E-state index in [1.807, 2.05) is 20.0 Å². The lowest BCUT2D eigenvalue weighted by Gasteiger charge is -2.14. The van der Waals surface area contributed by atoms with Crippen LogP contribution in [0.25, 0.3) is 28.3 Å². The van der Waals surface area contributed by atoms with Crippen molar-refractivity contribution in [2.45, 2.75) is 69.0 Å². The van der Waals surface area contributed by atoms with Crippen molar-refractivity contribution in [3.63, 3.8) is 0 Å². The van der Waals surface area contributed by atoms with Crippen LogP contribution in [0.4, 0.5) is 13.2 Å². The van der Waals surface area contributed by atoms with Crippen molar-refractivity contribution in [1.82, 2.24) is 23.9 Å². The van der Waals surface area contributed by atoms with Gasteiger partial charge in [0.2, 0.25) is 0 Å². The summed E-state index contributed by atoms with van der Waals surface area (Å²) in [5, 5.41) is 0.720. The SMILES string of the molecule is CCCCC(CC)COC(=O)CCSc1cnc2c(c1)nc(-c1nc3cc(C(F)(F)F)ccn3c1SCC)n2C. The van der Waals surface area contributed by atoms with Gasteiger partial charge in [0.15, 0.2) is 11.5 Å². The minimum atomic E-state index is -4.45. The van der Waals surface area contributed by atoms with Gasteiger partial charge in [-0.2, -0.15) is 13.2 Å². The second-order valence-corrected chi connectivity index (χ2v) is 12.0. The summed E-state index contributed by atoms with van der Waals surface area (Å²) in [7, 11) is 1.82. The summed E-state index contributed by atoms with van der Waals surface area (Å²) in [6, 6.07) is 4.02. The number of aryl methyl sites for hydroxylation is 1. The number of halogens is 3. The molecule has 0 spiro atoms. The first-order valence-electron chi connectivity index (χ1n) is 13.5. The quantitative estimate of drug-likeness (QED) is 0.116. The third-order valence-electron chi connectivity index (χ3n) is 6.68. The number of rotatable bonds is 13. The lowest BCUT2D eigenvalue weighted by molar-refractivity contribution is -0.144. The molecule has 1 unspecified atom stereocenters. The fourth-order valence-corrected chi connectivity index (χ4v) is 6.07. The third-order valence-corrected chi connectivity index (χ3v) is 8.60. The number of carbonyl (C=O) groups excluding carboxylic acids is 1. The summed E-state index contributed by atoms with van der Waals surface area (Å²) in [6.45, 7) is 6.73. The van der Waals surface area contributed by atoms with Gasteiger partial charge < -0.3 is 9.30 Å². The topological polar surface area (TPSA) is 74.3 Å². The van der Waals surface area contributed by atoms with Crippen LogP contribution in [0.15, 0.2) is 40.5 Å². The Labute approximate surface area is 240 Å². The summed E-state index contributed by atoms with van der Waals surface area (Å²) < 4.78 is 48.9. The average Bonchev–Trinajstić information content (AvgIpc) is 3.45. The smallest absolute Gasteiger partial charge is 0.416 e. The van der Waals surface area contributed by atoms with Crippen LogP contribution in [-0.2, 0) is 22.8 Å². The first-order valence-corrected chi connectivity index (χ1v) is 15.5. The minimum absolute atomic E-state index is 0.196. The number of unbranched alkanes of at least 4 members (excludes halogenated alkanes) is 1. The average molecular weight is 594 g/mol. The van der Waals surface area contributed by atoms with Crippen molar-refractivity contribution < 1.29 is 22.7 Å². The number of thioether (sulfide) groups is 2. The molecule has 4 aromatic heterocycles. The van der Waals surface area contributed by atoms with Gasteiger partial charge >= 0.3 is 12.1 Å². The lowest BCUT2D eigenvalue weighted by Crippen LogP contribution is -2.14. The number of carbonyl (C=O) groups is 1. The largest absolute Gasteiger partial charge is 0.465 e. The zero-order chi connectivity index (χ0) is 28.9. The highest BCUT2D eigenvalue weighted by Crippen LogP contribution is 2.36. The summed E-state index contributed by atoms with van der Waals surface area (Å²) in [5.74, 6) is 2.01. The van der Waals surface area contributed by atoms with Gasteiger partial charge in [0.25, 0.3) is 0 Å². The summed E-state index contributed by atoms with van der Waals surface area (Å²) in [6.07, 6.45) is 3.36. The number of ether oxygens (including phenoxy) is 1. The first kappa shape index (κ1) is 30.2. The van der Waals surface area contributed by atoms with Crippen LogP contribution in [-0.4, -0.2) is 48.0 Å². The Morgan fingerprint density at radius 2 is 1.95 bits per heavy atom. The molecular formula is C28H34F3N5O2S2. The molecule has 0 amide bonds. The molecule has 4 heterocycles. The number of hydrogen-bond acceptors (Lipinski definition) is 7. The van der Waals surface area contributed by atoms with Gasteiger partial charge in [-0.25, -0.2) is 15.0 Å². The highest BCUT2D eigenvalue weighted by Gasteiger charge is 2.31. The van der Waals surface area contributed by atoms with E-state index in [-0.39, 0.29) is 11.6 Å². The predicted molar refractivity (Wildman–Crippen MR) is 154 cm³/mol. The maximum absolute atomic E-state index is 13.3. The van der Waals surface area contributed by atoms with Crippen LogP contribution < -0.4 is 0 Å². The van der Waals surface area contributed by atoms with E-state index in [1.54, 1.807) is 15.2 Å². The van der Waals surface area contributed by atoms with Crippen molar-refractivity contribution in [2.24, 2.45) is 13.0 Å². The van der Waals surface area contributed by atoms with E-state index in [4.69, 9.17) is 9.72 Å². The Balaban J connectivity index is 1.50. The molecule has 4 rings (SSSR count). The predicted octanol–water partition coefficient (Wildman–Crippen LogP) is 7.66. The molecule has 0 aromatic carbocycles. The molecule has 0 aliphatic carbocycles. The Bertz CT molecular complexity index is 1470. The third kappa shape index (κ3) is 6.94. The van der Waals surface area contributed by atoms with Crippen LogP contribution in [0.2, 0.25) is 0 Å².